The van der Waals surface area contributed by atoms with E-state index in [0.29, 0.717) is 12.1 Å². The molecule has 2 aromatic rings. The Morgan fingerprint density at radius 3 is 2.28 bits per heavy atom. The van der Waals surface area contributed by atoms with Crippen LogP contribution in [0.15, 0.2) is 59.5 Å². The van der Waals surface area contributed by atoms with E-state index in [-0.39, 0.29) is 17.5 Å². The van der Waals surface area contributed by atoms with Crippen molar-refractivity contribution in [1.82, 2.24) is 14.9 Å². The van der Waals surface area contributed by atoms with E-state index in [9.17, 15) is 13.2 Å². The Labute approximate surface area is 173 Å². The SMILES string of the molecule is CCN(CCCNC(=O)NCc1ccccc1S(=O)(=O)N(C)C)c1ccccc1. The second-order valence-corrected chi connectivity index (χ2v) is 8.89. The summed E-state index contributed by atoms with van der Waals surface area (Å²) in [6.45, 7) is 4.51. The maximum atomic E-state index is 12.4. The molecule has 0 aromatic heterocycles. The van der Waals surface area contributed by atoms with Crippen molar-refractivity contribution in [2.24, 2.45) is 0 Å². The molecule has 158 valence electrons. The average molecular weight is 419 g/mol. The summed E-state index contributed by atoms with van der Waals surface area (Å²) in [5.74, 6) is 0. The Morgan fingerprint density at radius 1 is 0.966 bits per heavy atom. The van der Waals surface area contributed by atoms with Crippen LogP contribution < -0.4 is 15.5 Å². The maximum absolute atomic E-state index is 12.4. The molecule has 2 N–H and O–H groups in total. The molecule has 0 saturated carbocycles. The number of nitrogens with one attached hydrogen (secondary N) is 2. The van der Waals surface area contributed by atoms with Crippen LogP contribution in [-0.4, -0.2) is 52.5 Å². The van der Waals surface area contributed by atoms with Gasteiger partial charge in [0.1, 0.15) is 0 Å². The third kappa shape index (κ3) is 6.47. The summed E-state index contributed by atoms with van der Waals surface area (Å²) in [5, 5.41) is 5.57. The fourth-order valence-electron chi connectivity index (χ4n) is 2.92. The zero-order valence-electron chi connectivity index (χ0n) is 17.3. The molecule has 2 amide bonds. The number of amides is 2. The first-order chi connectivity index (χ1) is 13.9. The fourth-order valence-corrected chi connectivity index (χ4v) is 4.03. The Hall–Kier alpha value is -2.58. The van der Waals surface area contributed by atoms with Crippen LogP contribution in [0.3, 0.4) is 0 Å². The van der Waals surface area contributed by atoms with Crippen LogP contribution in [0.5, 0.6) is 0 Å². The van der Waals surface area contributed by atoms with E-state index in [0.717, 1.165) is 29.5 Å². The maximum Gasteiger partial charge on any atom is 0.315 e. The van der Waals surface area contributed by atoms with Gasteiger partial charge in [-0.25, -0.2) is 17.5 Å². The minimum Gasteiger partial charge on any atom is -0.372 e. The summed E-state index contributed by atoms with van der Waals surface area (Å²) in [6, 6.07) is 16.5. The number of anilines is 1. The molecule has 0 spiro atoms. The van der Waals surface area contributed by atoms with Crippen LogP contribution in [0.2, 0.25) is 0 Å². The highest BCUT2D eigenvalue weighted by Crippen LogP contribution is 2.18. The van der Waals surface area contributed by atoms with E-state index in [1.165, 1.54) is 14.1 Å². The van der Waals surface area contributed by atoms with Gasteiger partial charge >= 0.3 is 6.03 Å². The Kier molecular flexibility index (Phi) is 8.48. The van der Waals surface area contributed by atoms with Crippen LogP contribution >= 0.6 is 0 Å². The molecule has 0 aliphatic heterocycles. The van der Waals surface area contributed by atoms with Crippen LogP contribution in [0, 0.1) is 0 Å². The molecule has 0 radical (unpaired) electrons. The van der Waals surface area contributed by atoms with Gasteiger partial charge in [0, 0.05) is 46.0 Å². The first kappa shape index (κ1) is 22.7. The van der Waals surface area contributed by atoms with Gasteiger partial charge in [0.2, 0.25) is 10.0 Å². The minimum absolute atomic E-state index is 0.139. The monoisotopic (exact) mass is 418 g/mol. The highest BCUT2D eigenvalue weighted by atomic mass is 32.2. The molecule has 0 aliphatic carbocycles. The molecule has 0 aliphatic rings. The number of hydrogen-bond donors (Lipinski definition) is 2. The van der Waals surface area contributed by atoms with Crippen molar-refractivity contribution in [2.45, 2.75) is 24.8 Å². The van der Waals surface area contributed by atoms with Gasteiger partial charge in [-0.3, -0.25) is 0 Å². The van der Waals surface area contributed by atoms with Gasteiger partial charge in [-0.2, -0.15) is 0 Å². The number of rotatable bonds is 10. The number of para-hydroxylation sites is 1. The number of hydrogen-bond acceptors (Lipinski definition) is 4. The summed E-state index contributed by atoms with van der Waals surface area (Å²) in [6.07, 6.45) is 0.807. The van der Waals surface area contributed by atoms with E-state index in [2.05, 4.69) is 34.6 Å². The summed E-state index contributed by atoms with van der Waals surface area (Å²) < 4.78 is 26.0. The number of carbonyl (C=O) groups is 1. The molecule has 0 heterocycles. The van der Waals surface area contributed by atoms with Crippen molar-refractivity contribution < 1.29 is 13.2 Å². The van der Waals surface area contributed by atoms with E-state index < -0.39 is 10.0 Å². The van der Waals surface area contributed by atoms with Crippen LogP contribution in [0.25, 0.3) is 0 Å². The highest BCUT2D eigenvalue weighted by molar-refractivity contribution is 7.89. The van der Waals surface area contributed by atoms with Gasteiger partial charge in [0.15, 0.2) is 0 Å². The quantitative estimate of drug-likeness (QED) is 0.581. The Morgan fingerprint density at radius 2 is 1.62 bits per heavy atom. The molecule has 2 aromatic carbocycles. The normalized spacial score (nSPS) is 11.3. The van der Waals surface area contributed by atoms with E-state index in [1.54, 1.807) is 24.3 Å². The zero-order chi connectivity index (χ0) is 21.3. The fraction of sp³-hybridized carbons (Fsp3) is 0.381. The second-order valence-electron chi connectivity index (χ2n) is 6.77. The molecule has 8 heteroatoms. The smallest absolute Gasteiger partial charge is 0.315 e. The summed E-state index contributed by atoms with van der Waals surface area (Å²) in [5.41, 5.74) is 1.72. The molecule has 0 unspecified atom stereocenters. The first-order valence-corrected chi connectivity index (χ1v) is 11.1. The number of carbonyl (C=O) groups excluding carboxylic acids is 1. The van der Waals surface area contributed by atoms with Crippen molar-refractivity contribution in [3.05, 3.63) is 60.2 Å². The second kappa shape index (κ2) is 10.8. The number of urea groups is 1. The molecular formula is C21H30N4O3S. The van der Waals surface area contributed by atoms with E-state index in [1.807, 2.05) is 18.2 Å². The predicted octanol–water partition coefficient (Wildman–Crippen LogP) is 2.65. The topological polar surface area (TPSA) is 81.8 Å². The highest BCUT2D eigenvalue weighted by Gasteiger charge is 2.20. The van der Waals surface area contributed by atoms with Crippen LogP contribution in [-0.2, 0) is 16.6 Å². The van der Waals surface area contributed by atoms with Gasteiger partial charge in [0.25, 0.3) is 0 Å². The predicted molar refractivity (Wildman–Crippen MR) is 116 cm³/mol. The number of nitrogens with zero attached hydrogens (tertiary/aromatic N) is 2. The lowest BCUT2D eigenvalue weighted by Crippen LogP contribution is -2.37. The largest absolute Gasteiger partial charge is 0.372 e. The lowest BCUT2D eigenvalue weighted by atomic mass is 10.2. The molecule has 0 saturated heterocycles. The van der Waals surface area contributed by atoms with Gasteiger partial charge < -0.3 is 15.5 Å². The molecule has 0 bridgehead atoms. The lowest BCUT2D eigenvalue weighted by Gasteiger charge is -2.23. The summed E-state index contributed by atoms with van der Waals surface area (Å²) in [4.78, 5) is 14.6. The first-order valence-electron chi connectivity index (χ1n) is 9.68. The van der Waals surface area contributed by atoms with Crippen molar-refractivity contribution in [3.8, 4) is 0 Å². The molecule has 0 fully saturated rings. The Balaban J connectivity index is 1.81. The molecule has 2 rings (SSSR count). The number of sulfonamides is 1. The lowest BCUT2D eigenvalue weighted by molar-refractivity contribution is 0.240. The molecular weight excluding hydrogens is 388 g/mol. The van der Waals surface area contributed by atoms with Crippen molar-refractivity contribution in [1.29, 1.82) is 0 Å². The third-order valence-electron chi connectivity index (χ3n) is 4.56. The van der Waals surface area contributed by atoms with Gasteiger partial charge in [-0.1, -0.05) is 36.4 Å². The zero-order valence-corrected chi connectivity index (χ0v) is 18.1. The number of benzene rings is 2. The van der Waals surface area contributed by atoms with Gasteiger partial charge in [-0.05, 0) is 37.1 Å². The van der Waals surface area contributed by atoms with Crippen LogP contribution in [0.4, 0.5) is 10.5 Å². The molecule has 7 nitrogen and oxygen atoms in total. The Bertz CT molecular complexity index is 886. The standard InChI is InChI=1S/C21H30N4O3S/c1-4-25(19-12-6-5-7-13-19)16-10-15-22-21(26)23-17-18-11-8-9-14-20(18)29(27,28)24(2)3/h5-9,11-14H,4,10,15-17H2,1-3H3,(H2,22,23,26). The van der Waals surface area contributed by atoms with Crippen LogP contribution in [0.1, 0.15) is 18.9 Å². The summed E-state index contributed by atoms with van der Waals surface area (Å²) in [7, 11) is -0.584. The van der Waals surface area contributed by atoms with E-state index in [4.69, 9.17) is 0 Å². The minimum atomic E-state index is -3.56. The third-order valence-corrected chi connectivity index (χ3v) is 6.48. The molecule has 0 atom stereocenters. The summed E-state index contributed by atoms with van der Waals surface area (Å²) >= 11 is 0. The van der Waals surface area contributed by atoms with Crippen molar-refractivity contribution >= 4 is 21.7 Å². The van der Waals surface area contributed by atoms with Gasteiger partial charge in [0.05, 0.1) is 4.90 Å². The van der Waals surface area contributed by atoms with Crippen molar-refractivity contribution in [2.75, 3.05) is 38.6 Å². The van der Waals surface area contributed by atoms with Gasteiger partial charge in [-0.15, -0.1) is 0 Å². The molecule has 29 heavy (non-hydrogen) atoms. The average Bonchev–Trinajstić information content (AvgIpc) is 2.73. The van der Waals surface area contributed by atoms with Crippen molar-refractivity contribution in [3.63, 3.8) is 0 Å². The van der Waals surface area contributed by atoms with E-state index >= 15 is 0 Å².